The van der Waals surface area contributed by atoms with E-state index in [1.807, 2.05) is 0 Å². The van der Waals surface area contributed by atoms with E-state index < -0.39 is 17.6 Å². The van der Waals surface area contributed by atoms with Gasteiger partial charge in [-0.3, -0.25) is 4.79 Å². The van der Waals surface area contributed by atoms with E-state index in [1.165, 1.54) is 18.2 Å². The van der Waals surface area contributed by atoms with Gasteiger partial charge in [-0.05, 0) is 24.3 Å². The fourth-order valence-corrected chi connectivity index (χ4v) is 1.93. The molecule has 3 aromatic rings. The molecule has 0 bridgehead atoms. The maximum atomic E-state index is 12.5. The van der Waals surface area contributed by atoms with Gasteiger partial charge in [-0.1, -0.05) is 12.1 Å². The van der Waals surface area contributed by atoms with Crippen LogP contribution in [0.3, 0.4) is 0 Å². The van der Waals surface area contributed by atoms with Crippen LogP contribution in [0.4, 0.5) is 13.2 Å². The van der Waals surface area contributed by atoms with E-state index >= 15 is 0 Å². The standard InChI is InChI=1S/C15H9F3N4O2/c16-15(17,18)9-3-1-8(2-4-9)10-5-6-11(22-21-10)14-20-12(7-24-14)13(19)23/h1-7H,(H2,19,23). The Morgan fingerprint density at radius 3 is 2.12 bits per heavy atom. The summed E-state index contributed by atoms with van der Waals surface area (Å²) in [6, 6.07) is 7.64. The molecule has 0 fully saturated rings. The van der Waals surface area contributed by atoms with Gasteiger partial charge in [0.15, 0.2) is 5.69 Å². The van der Waals surface area contributed by atoms with Crippen LogP contribution in [0, 0.1) is 0 Å². The van der Waals surface area contributed by atoms with Gasteiger partial charge >= 0.3 is 6.18 Å². The van der Waals surface area contributed by atoms with E-state index in [2.05, 4.69) is 15.2 Å². The van der Waals surface area contributed by atoms with E-state index in [0.29, 0.717) is 11.3 Å². The van der Waals surface area contributed by atoms with Crippen LogP contribution in [-0.2, 0) is 6.18 Å². The summed E-state index contributed by atoms with van der Waals surface area (Å²) in [5.74, 6) is -0.672. The van der Waals surface area contributed by atoms with Gasteiger partial charge in [0.2, 0.25) is 5.89 Å². The van der Waals surface area contributed by atoms with Crippen molar-refractivity contribution < 1.29 is 22.4 Å². The first kappa shape index (κ1) is 15.7. The monoisotopic (exact) mass is 334 g/mol. The van der Waals surface area contributed by atoms with Crippen molar-refractivity contribution in [2.75, 3.05) is 0 Å². The summed E-state index contributed by atoms with van der Waals surface area (Å²) in [6.07, 6.45) is -3.29. The normalized spacial score (nSPS) is 11.5. The molecule has 3 rings (SSSR count). The second kappa shape index (κ2) is 5.76. The summed E-state index contributed by atoms with van der Waals surface area (Å²) in [6.45, 7) is 0. The van der Waals surface area contributed by atoms with Crippen molar-refractivity contribution in [2.45, 2.75) is 6.18 Å². The summed E-state index contributed by atoms with van der Waals surface area (Å²) in [4.78, 5) is 14.8. The number of carbonyl (C=O) groups excluding carboxylic acids is 1. The van der Waals surface area contributed by atoms with Crippen molar-refractivity contribution in [3.63, 3.8) is 0 Å². The first-order valence-electron chi connectivity index (χ1n) is 6.61. The van der Waals surface area contributed by atoms with Crippen LogP contribution in [-0.4, -0.2) is 21.1 Å². The molecule has 0 unspecified atom stereocenters. The smallest absolute Gasteiger partial charge is 0.416 e. The lowest BCUT2D eigenvalue weighted by atomic mass is 10.1. The molecule has 1 amide bonds. The van der Waals surface area contributed by atoms with Crippen molar-refractivity contribution in [1.82, 2.24) is 15.2 Å². The van der Waals surface area contributed by atoms with Crippen molar-refractivity contribution in [3.8, 4) is 22.8 Å². The molecule has 2 heterocycles. The van der Waals surface area contributed by atoms with Gasteiger partial charge in [-0.2, -0.15) is 13.2 Å². The second-order valence-corrected chi connectivity index (χ2v) is 4.78. The van der Waals surface area contributed by atoms with E-state index in [-0.39, 0.29) is 17.3 Å². The van der Waals surface area contributed by atoms with Gasteiger partial charge in [-0.15, -0.1) is 10.2 Å². The van der Waals surface area contributed by atoms with Crippen LogP contribution in [0.5, 0.6) is 0 Å². The van der Waals surface area contributed by atoms with E-state index in [4.69, 9.17) is 10.2 Å². The van der Waals surface area contributed by atoms with Gasteiger partial charge in [0.1, 0.15) is 12.0 Å². The molecule has 0 aliphatic heterocycles. The molecule has 122 valence electrons. The van der Waals surface area contributed by atoms with E-state index in [9.17, 15) is 18.0 Å². The number of amides is 1. The third-order valence-electron chi connectivity index (χ3n) is 3.15. The number of nitrogens with two attached hydrogens (primary N) is 1. The van der Waals surface area contributed by atoms with Gasteiger partial charge in [0.05, 0.1) is 11.3 Å². The summed E-state index contributed by atoms with van der Waals surface area (Å²) >= 11 is 0. The highest BCUT2D eigenvalue weighted by Gasteiger charge is 2.30. The van der Waals surface area contributed by atoms with Crippen LogP contribution in [0.25, 0.3) is 22.8 Å². The molecule has 0 atom stereocenters. The molecule has 0 radical (unpaired) electrons. The minimum absolute atomic E-state index is 0.0429. The minimum Gasteiger partial charge on any atom is -0.442 e. The lowest BCUT2D eigenvalue weighted by Crippen LogP contribution is -2.11. The molecule has 1 aromatic carbocycles. The van der Waals surface area contributed by atoms with Gasteiger partial charge in [-0.25, -0.2) is 4.98 Å². The van der Waals surface area contributed by atoms with Crippen molar-refractivity contribution in [1.29, 1.82) is 0 Å². The number of rotatable bonds is 3. The molecule has 0 saturated carbocycles. The van der Waals surface area contributed by atoms with Crippen LogP contribution in [0.15, 0.2) is 47.1 Å². The molecule has 24 heavy (non-hydrogen) atoms. The van der Waals surface area contributed by atoms with Crippen molar-refractivity contribution in [3.05, 3.63) is 53.9 Å². The Bertz CT molecular complexity index is 871. The number of aromatic nitrogens is 3. The Balaban J connectivity index is 1.85. The lowest BCUT2D eigenvalue weighted by molar-refractivity contribution is -0.137. The largest absolute Gasteiger partial charge is 0.442 e. The van der Waals surface area contributed by atoms with E-state index in [1.54, 1.807) is 6.07 Å². The summed E-state index contributed by atoms with van der Waals surface area (Å²) in [5.41, 5.74) is 5.41. The Morgan fingerprint density at radius 2 is 1.62 bits per heavy atom. The predicted molar refractivity (Wildman–Crippen MR) is 76.5 cm³/mol. The highest BCUT2D eigenvalue weighted by atomic mass is 19.4. The molecule has 2 aromatic heterocycles. The van der Waals surface area contributed by atoms with Crippen molar-refractivity contribution >= 4 is 5.91 Å². The first-order chi connectivity index (χ1) is 11.3. The number of halogens is 3. The molecule has 9 heteroatoms. The quantitative estimate of drug-likeness (QED) is 0.794. The number of hydrogen-bond donors (Lipinski definition) is 1. The third kappa shape index (κ3) is 3.09. The average molecular weight is 334 g/mol. The number of nitrogens with zero attached hydrogens (tertiary/aromatic N) is 3. The second-order valence-electron chi connectivity index (χ2n) is 4.78. The molecule has 0 saturated heterocycles. The van der Waals surface area contributed by atoms with Crippen LogP contribution in [0.1, 0.15) is 16.1 Å². The zero-order valence-electron chi connectivity index (χ0n) is 11.9. The lowest BCUT2D eigenvalue weighted by Gasteiger charge is -2.07. The molecular formula is C15H9F3N4O2. The van der Waals surface area contributed by atoms with Gasteiger partial charge in [0, 0.05) is 5.56 Å². The Morgan fingerprint density at radius 1 is 1.00 bits per heavy atom. The third-order valence-corrected chi connectivity index (χ3v) is 3.15. The molecule has 2 N–H and O–H groups in total. The van der Waals surface area contributed by atoms with Gasteiger partial charge < -0.3 is 10.2 Å². The van der Waals surface area contributed by atoms with Crippen LogP contribution < -0.4 is 5.73 Å². The first-order valence-corrected chi connectivity index (χ1v) is 6.61. The maximum absolute atomic E-state index is 12.5. The van der Waals surface area contributed by atoms with E-state index in [0.717, 1.165) is 18.4 Å². The topological polar surface area (TPSA) is 94.9 Å². The van der Waals surface area contributed by atoms with Crippen molar-refractivity contribution in [2.24, 2.45) is 5.73 Å². The molecule has 6 nitrogen and oxygen atoms in total. The molecular weight excluding hydrogens is 325 g/mol. The summed E-state index contributed by atoms with van der Waals surface area (Å²) in [7, 11) is 0. The predicted octanol–water partition coefficient (Wildman–Crippen LogP) is 2.92. The zero-order chi connectivity index (χ0) is 17.3. The Labute approximate surface area is 133 Å². The number of carbonyl (C=O) groups is 1. The molecule has 0 aliphatic carbocycles. The summed E-state index contributed by atoms with van der Waals surface area (Å²) in [5, 5.41) is 7.81. The van der Waals surface area contributed by atoms with Gasteiger partial charge in [0.25, 0.3) is 5.91 Å². The number of primary amides is 1. The molecule has 0 spiro atoms. The Kier molecular flexibility index (Phi) is 3.76. The fourth-order valence-electron chi connectivity index (χ4n) is 1.93. The van der Waals surface area contributed by atoms with Crippen LogP contribution >= 0.6 is 0 Å². The zero-order valence-corrected chi connectivity index (χ0v) is 11.9. The number of benzene rings is 1. The number of oxazole rings is 1. The Hall–Kier alpha value is -3.23. The highest BCUT2D eigenvalue weighted by Crippen LogP contribution is 2.30. The average Bonchev–Trinajstić information content (AvgIpc) is 3.05. The fraction of sp³-hybridized carbons (Fsp3) is 0.0667. The summed E-state index contributed by atoms with van der Waals surface area (Å²) < 4.78 is 42.7. The minimum atomic E-state index is -4.39. The SMILES string of the molecule is NC(=O)c1coc(-c2ccc(-c3ccc(C(F)(F)F)cc3)nn2)n1. The number of hydrogen-bond acceptors (Lipinski definition) is 5. The molecule has 0 aliphatic rings. The highest BCUT2D eigenvalue weighted by molar-refractivity contribution is 5.90. The van der Waals surface area contributed by atoms with Crippen LogP contribution in [0.2, 0.25) is 0 Å². The maximum Gasteiger partial charge on any atom is 0.416 e. The number of alkyl halides is 3.